The minimum absolute atomic E-state index is 0.492. The van der Waals surface area contributed by atoms with Crippen molar-refractivity contribution in [2.45, 2.75) is 39.5 Å². The normalized spacial score (nSPS) is 14.9. The summed E-state index contributed by atoms with van der Waals surface area (Å²) in [7, 11) is 0. The third kappa shape index (κ3) is 4.51. The summed E-state index contributed by atoms with van der Waals surface area (Å²) in [6.07, 6.45) is -6.68. The van der Waals surface area contributed by atoms with Crippen LogP contribution in [0.3, 0.4) is 0 Å². The van der Waals surface area contributed by atoms with E-state index < -0.39 is 30.1 Å². The van der Waals surface area contributed by atoms with E-state index in [-0.39, 0.29) is 0 Å². The fourth-order valence-electron chi connectivity index (χ4n) is 0.705. The van der Waals surface area contributed by atoms with Crippen molar-refractivity contribution in [3.05, 3.63) is 0 Å². The third-order valence-electron chi connectivity index (χ3n) is 2.33. The van der Waals surface area contributed by atoms with Gasteiger partial charge in [-0.1, -0.05) is 20.8 Å². The summed E-state index contributed by atoms with van der Waals surface area (Å²) >= 11 is 0. The monoisotopic (exact) mass is 227 g/mol. The van der Waals surface area contributed by atoms with E-state index >= 15 is 0 Å². The minimum atomic E-state index is -4.69. The van der Waals surface area contributed by atoms with Gasteiger partial charge in [-0.05, 0) is 6.42 Å². The number of aliphatic hydroxyl groups excluding tert-OH is 1. The van der Waals surface area contributed by atoms with Crippen molar-refractivity contribution >= 4 is 5.91 Å². The van der Waals surface area contributed by atoms with Crippen molar-refractivity contribution < 1.29 is 23.1 Å². The Labute approximate surface area is 86.7 Å². The molecule has 0 spiro atoms. The quantitative estimate of drug-likeness (QED) is 0.764. The Balaban J connectivity index is 4.13. The van der Waals surface area contributed by atoms with Crippen LogP contribution in [0, 0.1) is 5.41 Å². The Morgan fingerprint density at radius 3 is 2.20 bits per heavy atom. The maximum absolute atomic E-state index is 11.9. The number of hydrogen-bond acceptors (Lipinski definition) is 2. The van der Waals surface area contributed by atoms with Crippen LogP contribution < -0.4 is 5.32 Å². The molecule has 0 saturated heterocycles. The highest BCUT2D eigenvalue weighted by Gasteiger charge is 2.38. The first-order valence-corrected chi connectivity index (χ1v) is 4.64. The van der Waals surface area contributed by atoms with Gasteiger partial charge < -0.3 is 10.4 Å². The summed E-state index contributed by atoms with van der Waals surface area (Å²) in [5, 5.41) is 10.7. The third-order valence-corrected chi connectivity index (χ3v) is 2.33. The van der Waals surface area contributed by atoms with E-state index in [1.807, 2.05) is 0 Å². The second-order valence-electron chi connectivity index (χ2n) is 4.00. The van der Waals surface area contributed by atoms with Gasteiger partial charge in [0.25, 0.3) is 0 Å². The predicted molar refractivity (Wildman–Crippen MR) is 49.1 cm³/mol. The molecule has 0 aliphatic rings. The molecule has 15 heavy (non-hydrogen) atoms. The lowest BCUT2D eigenvalue weighted by Crippen LogP contribution is -2.44. The molecule has 0 aromatic rings. The number of hydrogen-bond donors (Lipinski definition) is 2. The van der Waals surface area contributed by atoms with Crippen LogP contribution in [-0.2, 0) is 4.79 Å². The smallest absolute Gasteiger partial charge is 0.382 e. The zero-order chi connectivity index (χ0) is 12.3. The molecule has 0 radical (unpaired) electrons. The van der Waals surface area contributed by atoms with E-state index in [1.165, 1.54) is 0 Å². The molecule has 1 atom stereocenters. The van der Waals surface area contributed by atoms with Crippen LogP contribution in [-0.4, -0.2) is 29.8 Å². The van der Waals surface area contributed by atoms with Crippen molar-refractivity contribution in [1.82, 2.24) is 5.32 Å². The molecular weight excluding hydrogens is 211 g/mol. The summed E-state index contributed by atoms with van der Waals surface area (Å²) < 4.78 is 35.6. The lowest BCUT2D eigenvalue weighted by atomic mass is 9.89. The number of carbonyl (C=O) groups is 1. The summed E-state index contributed by atoms with van der Waals surface area (Å²) in [4.78, 5) is 11.3. The highest BCUT2D eigenvalue weighted by Crippen LogP contribution is 2.21. The van der Waals surface area contributed by atoms with Gasteiger partial charge in [-0.25, -0.2) is 0 Å². The standard InChI is InChI=1S/C9H16F3NO2/c1-4-8(2,3)7(15)13-5-6(14)9(10,11)12/h6,14H,4-5H2,1-3H3,(H,13,15). The Hall–Kier alpha value is -0.780. The first-order chi connectivity index (χ1) is 6.61. The molecule has 0 aliphatic heterocycles. The average molecular weight is 227 g/mol. The van der Waals surface area contributed by atoms with Gasteiger partial charge in [0.05, 0.1) is 6.54 Å². The number of aliphatic hydroxyl groups is 1. The van der Waals surface area contributed by atoms with E-state index in [4.69, 9.17) is 5.11 Å². The van der Waals surface area contributed by atoms with Crippen LogP contribution >= 0.6 is 0 Å². The number of halogens is 3. The zero-order valence-electron chi connectivity index (χ0n) is 8.98. The first kappa shape index (κ1) is 14.2. The van der Waals surface area contributed by atoms with Gasteiger partial charge in [-0.3, -0.25) is 4.79 Å². The van der Waals surface area contributed by atoms with E-state index in [0.717, 1.165) is 0 Å². The minimum Gasteiger partial charge on any atom is -0.382 e. The van der Waals surface area contributed by atoms with Crippen LogP contribution in [0.25, 0.3) is 0 Å². The number of rotatable bonds is 4. The van der Waals surface area contributed by atoms with Crippen LogP contribution in [0.15, 0.2) is 0 Å². The topological polar surface area (TPSA) is 49.3 Å². The van der Waals surface area contributed by atoms with Gasteiger partial charge in [0.15, 0.2) is 6.10 Å². The lowest BCUT2D eigenvalue weighted by molar-refractivity contribution is -0.202. The Morgan fingerprint density at radius 2 is 1.87 bits per heavy atom. The second-order valence-corrected chi connectivity index (χ2v) is 4.00. The number of carbonyl (C=O) groups excluding carboxylic acids is 1. The molecule has 1 unspecified atom stereocenters. The molecule has 2 N–H and O–H groups in total. The fraction of sp³-hybridized carbons (Fsp3) is 0.889. The number of alkyl halides is 3. The molecule has 0 fully saturated rings. The SMILES string of the molecule is CCC(C)(C)C(=O)NCC(O)C(F)(F)F. The van der Waals surface area contributed by atoms with Gasteiger partial charge in [0.2, 0.25) is 5.91 Å². The van der Waals surface area contributed by atoms with Crippen molar-refractivity contribution in [3.8, 4) is 0 Å². The van der Waals surface area contributed by atoms with E-state index in [9.17, 15) is 18.0 Å². The van der Waals surface area contributed by atoms with E-state index in [2.05, 4.69) is 5.32 Å². The molecule has 90 valence electrons. The summed E-state index contributed by atoms with van der Waals surface area (Å²) in [6.45, 7) is 4.22. The molecule has 0 aromatic carbocycles. The Morgan fingerprint density at radius 1 is 1.40 bits per heavy atom. The summed E-state index contributed by atoms with van der Waals surface area (Å²) in [6, 6.07) is 0. The maximum atomic E-state index is 11.9. The first-order valence-electron chi connectivity index (χ1n) is 4.64. The van der Waals surface area contributed by atoms with Crippen molar-refractivity contribution in [2.24, 2.45) is 5.41 Å². The van der Waals surface area contributed by atoms with E-state index in [0.29, 0.717) is 6.42 Å². The predicted octanol–water partition coefficient (Wildman–Crippen LogP) is 1.46. The fourth-order valence-corrected chi connectivity index (χ4v) is 0.705. The van der Waals surface area contributed by atoms with Crippen LogP contribution in [0.2, 0.25) is 0 Å². The lowest BCUT2D eigenvalue weighted by Gasteiger charge is -2.23. The average Bonchev–Trinajstić information content (AvgIpc) is 2.11. The zero-order valence-corrected chi connectivity index (χ0v) is 8.98. The number of nitrogens with one attached hydrogen (secondary N) is 1. The van der Waals surface area contributed by atoms with Gasteiger partial charge in [-0.2, -0.15) is 13.2 Å². The largest absolute Gasteiger partial charge is 0.416 e. The highest BCUT2D eigenvalue weighted by molar-refractivity contribution is 5.81. The molecule has 0 aliphatic carbocycles. The van der Waals surface area contributed by atoms with Crippen LogP contribution in [0.4, 0.5) is 13.2 Å². The second kappa shape index (κ2) is 4.83. The van der Waals surface area contributed by atoms with Crippen molar-refractivity contribution in [1.29, 1.82) is 0 Å². The molecule has 0 bridgehead atoms. The Kier molecular flexibility index (Phi) is 4.58. The maximum Gasteiger partial charge on any atom is 0.416 e. The molecule has 1 amide bonds. The molecule has 0 rings (SSSR count). The van der Waals surface area contributed by atoms with E-state index in [1.54, 1.807) is 20.8 Å². The molecule has 6 heteroatoms. The van der Waals surface area contributed by atoms with Gasteiger partial charge in [0, 0.05) is 5.41 Å². The molecule has 0 heterocycles. The highest BCUT2D eigenvalue weighted by atomic mass is 19.4. The van der Waals surface area contributed by atoms with Crippen molar-refractivity contribution in [2.75, 3.05) is 6.54 Å². The molecule has 3 nitrogen and oxygen atoms in total. The van der Waals surface area contributed by atoms with Gasteiger partial charge in [-0.15, -0.1) is 0 Å². The Bertz CT molecular complexity index is 226. The van der Waals surface area contributed by atoms with Gasteiger partial charge >= 0.3 is 6.18 Å². The molecule has 0 aromatic heterocycles. The van der Waals surface area contributed by atoms with Gasteiger partial charge in [0.1, 0.15) is 0 Å². The van der Waals surface area contributed by atoms with Crippen LogP contribution in [0.1, 0.15) is 27.2 Å². The van der Waals surface area contributed by atoms with Crippen molar-refractivity contribution in [3.63, 3.8) is 0 Å². The molecular formula is C9H16F3NO2. The van der Waals surface area contributed by atoms with Crippen LogP contribution in [0.5, 0.6) is 0 Å². The summed E-state index contributed by atoms with van der Waals surface area (Å²) in [5.41, 5.74) is -0.717. The number of amides is 1. The summed E-state index contributed by atoms with van der Waals surface area (Å²) in [5.74, 6) is -0.492. The molecule has 0 saturated carbocycles.